The Morgan fingerprint density at radius 3 is 3.00 bits per heavy atom. The first kappa shape index (κ1) is 17.6. The van der Waals surface area contributed by atoms with Crippen molar-refractivity contribution in [1.29, 1.82) is 0 Å². The fraction of sp³-hybridized carbons (Fsp3) is 0.650. The van der Waals surface area contributed by atoms with E-state index in [1.54, 1.807) is 0 Å². The van der Waals surface area contributed by atoms with E-state index in [0.717, 1.165) is 29.9 Å². The summed E-state index contributed by atoms with van der Waals surface area (Å²) in [5.74, 6) is 2.20. The van der Waals surface area contributed by atoms with Crippen LogP contribution in [0.1, 0.15) is 44.2 Å². The van der Waals surface area contributed by atoms with Gasteiger partial charge in [-0.2, -0.15) is 0 Å². The predicted octanol–water partition coefficient (Wildman–Crippen LogP) is 1.76. The molecule has 0 bridgehead atoms. The summed E-state index contributed by atoms with van der Waals surface area (Å²) in [5.41, 5.74) is 2.36. The molecule has 0 spiro atoms. The van der Waals surface area contributed by atoms with Crippen molar-refractivity contribution in [1.82, 2.24) is 10.6 Å². The highest BCUT2D eigenvalue weighted by molar-refractivity contribution is 5.83. The Morgan fingerprint density at radius 1 is 1.38 bits per heavy atom. The zero-order valence-corrected chi connectivity index (χ0v) is 15.7. The van der Waals surface area contributed by atoms with Gasteiger partial charge in [-0.3, -0.25) is 4.79 Å². The molecule has 1 saturated carbocycles. The smallest absolute Gasteiger partial charge is 0.240 e. The summed E-state index contributed by atoms with van der Waals surface area (Å²) in [6.45, 7) is 8.02. The van der Waals surface area contributed by atoms with Crippen LogP contribution in [0.3, 0.4) is 0 Å². The number of rotatable bonds is 5. The molecule has 1 amide bonds. The van der Waals surface area contributed by atoms with E-state index in [2.05, 4.69) is 29.7 Å². The molecule has 2 heterocycles. The molecule has 6 heteroatoms. The lowest BCUT2D eigenvalue weighted by Crippen LogP contribution is -2.55. The van der Waals surface area contributed by atoms with Crippen molar-refractivity contribution in [2.45, 2.75) is 63.8 Å². The molecule has 3 unspecified atom stereocenters. The number of benzene rings is 1. The zero-order chi connectivity index (χ0) is 18.3. The standard InChI is InChI=1S/C20H28N2O4/c1-4-24-18-8-13-7-11(2)26-17(13)10-15(18)14-9-16(14)22-20(23)19-12(3)25-6-5-21-19/h8,10-12,14,16,19,21H,4-7,9H2,1-3H3,(H,22,23)/t11?,12-,14?,16?,19+/m1/s1. The van der Waals surface area contributed by atoms with Gasteiger partial charge < -0.3 is 24.8 Å². The van der Waals surface area contributed by atoms with Crippen LogP contribution in [0, 0.1) is 0 Å². The highest BCUT2D eigenvalue weighted by Gasteiger charge is 2.43. The van der Waals surface area contributed by atoms with E-state index in [0.29, 0.717) is 19.8 Å². The average Bonchev–Trinajstić information content (AvgIpc) is 3.26. The van der Waals surface area contributed by atoms with Crippen molar-refractivity contribution in [3.8, 4) is 11.5 Å². The fourth-order valence-corrected chi connectivity index (χ4v) is 4.02. The number of fused-ring (bicyclic) bond motifs is 1. The Hall–Kier alpha value is -1.79. The van der Waals surface area contributed by atoms with Gasteiger partial charge in [-0.05, 0) is 39.3 Å². The number of hydrogen-bond acceptors (Lipinski definition) is 5. The van der Waals surface area contributed by atoms with Crippen LogP contribution in [-0.2, 0) is 16.0 Å². The normalized spacial score (nSPS) is 32.5. The minimum absolute atomic E-state index is 0.0219. The molecule has 26 heavy (non-hydrogen) atoms. The molecule has 2 fully saturated rings. The number of carbonyl (C=O) groups is 1. The van der Waals surface area contributed by atoms with Crippen molar-refractivity contribution >= 4 is 5.91 Å². The number of carbonyl (C=O) groups excluding carboxylic acids is 1. The SMILES string of the molecule is CCOc1cc2c(cc1C1CC1NC(=O)[C@H]1NCCO[C@@H]1C)OC(C)C2. The Labute approximate surface area is 154 Å². The number of ether oxygens (including phenoxy) is 3. The maximum atomic E-state index is 12.6. The number of morpholine rings is 1. The van der Waals surface area contributed by atoms with E-state index in [1.807, 2.05) is 13.8 Å². The van der Waals surface area contributed by atoms with Crippen molar-refractivity contribution in [2.24, 2.45) is 0 Å². The Balaban J connectivity index is 1.46. The topological polar surface area (TPSA) is 68.8 Å². The summed E-state index contributed by atoms with van der Waals surface area (Å²) in [5, 5.41) is 6.42. The molecular formula is C20H28N2O4. The van der Waals surface area contributed by atoms with Gasteiger partial charge in [0.15, 0.2) is 0 Å². The third-order valence-corrected chi connectivity index (χ3v) is 5.44. The van der Waals surface area contributed by atoms with Crippen LogP contribution in [0.5, 0.6) is 11.5 Å². The summed E-state index contributed by atoms with van der Waals surface area (Å²) in [6, 6.07) is 4.11. The Morgan fingerprint density at radius 2 is 2.23 bits per heavy atom. The highest BCUT2D eigenvalue weighted by atomic mass is 16.5. The molecule has 2 aliphatic heterocycles. The number of hydrogen-bond donors (Lipinski definition) is 2. The fourth-order valence-electron chi connectivity index (χ4n) is 4.02. The van der Waals surface area contributed by atoms with Gasteiger partial charge in [0.25, 0.3) is 0 Å². The van der Waals surface area contributed by atoms with Gasteiger partial charge in [0.2, 0.25) is 5.91 Å². The monoisotopic (exact) mass is 360 g/mol. The van der Waals surface area contributed by atoms with Crippen LogP contribution in [0.4, 0.5) is 0 Å². The van der Waals surface area contributed by atoms with Crippen LogP contribution in [0.2, 0.25) is 0 Å². The van der Waals surface area contributed by atoms with Gasteiger partial charge in [-0.15, -0.1) is 0 Å². The molecule has 1 aromatic rings. The van der Waals surface area contributed by atoms with E-state index < -0.39 is 0 Å². The zero-order valence-electron chi connectivity index (χ0n) is 15.7. The van der Waals surface area contributed by atoms with Crippen molar-refractivity contribution < 1.29 is 19.0 Å². The van der Waals surface area contributed by atoms with Crippen molar-refractivity contribution in [2.75, 3.05) is 19.8 Å². The van der Waals surface area contributed by atoms with E-state index >= 15 is 0 Å². The molecule has 142 valence electrons. The number of nitrogens with one attached hydrogen (secondary N) is 2. The third kappa shape index (κ3) is 3.40. The van der Waals surface area contributed by atoms with Crippen LogP contribution >= 0.6 is 0 Å². The first-order valence-corrected chi connectivity index (χ1v) is 9.68. The quantitative estimate of drug-likeness (QED) is 0.837. The third-order valence-electron chi connectivity index (χ3n) is 5.44. The second-order valence-electron chi connectivity index (χ2n) is 7.53. The van der Waals surface area contributed by atoms with Crippen LogP contribution in [-0.4, -0.2) is 50.0 Å². The summed E-state index contributed by atoms with van der Waals surface area (Å²) in [4.78, 5) is 12.6. The van der Waals surface area contributed by atoms with Crippen LogP contribution in [0.15, 0.2) is 12.1 Å². The molecule has 6 nitrogen and oxygen atoms in total. The lowest BCUT2D eigenvalue weighted by Gasteiger charge is -2.29. The summed E-state index contributed by atoms with van der Waals surface area (Å²) >= 11 is 0. The summed E-state index contributed by atoms with van der Waals surface area (Å²) in [7, 11) is 0. The number of amides is 1. The minimum atomic E-state index is -0.277. The van der Waals surface area contributed by atoms with Gasteiger partial charge >= 0.3 is 0 Å². The molecule has 5 atom stereocenters. The second-order valence-corrected chi connectivity index (χ2v) is 7.53. The molecule has 3 aliphatic rings. The van der Waals surface area contributed by atoms with Gasteiger partial charge in [-0.1, -0.05) is 0 Å². The van der Waals surface area contributed by atoms with Gasteiger partial charge in [-0.25, -0.2) is 0 Å². The first-order chi connectivity index (χ1) is 12.6. The molecular weight excluding hydrogens is 332 g/mol. The second kappa shape index (κ2) is 7.08. The largest absolute Gasteiger partial charge is 0.494 e. The molecule has 1 saturated heterocycles. The molecule has 2 N–H and O–H groups in total. The predicted molar refractivity (Wildman–Crippen MR) is 97.9 cm³/mol. The molecule has 1 aliphatic carbocycles. The van der Waals surface area contributed by atoms with Crippen LogP contribution < -0.4 is 20.1 Å². The highest BCUT2D eigenvalue weighted by Crippen LogP contribution is 2.48. The summed E-state index contributed by atoms with van der Waals surface area (Å²) in [6.07, 6.45) is 1.96. The van der Waals surface area contributed by atoms with E-state index in [1.165, 1.54) is 5.56 Å². The van der Waals surface area contributed by atoms with Crippen molar-refractivity contribution in [3.63, 3.8) is 0 Å². The van der Waals surface area contributed by atoms with E-state index in [-0.39, 0.29) is 36.1 Å². The Bertz CT molecular complexity index is 693. The van der Waals surface area contributed by atoms with Gasteiger partial charge in [0.1, 0.15) is 23.6 Å². The maximum absolute atomic E-state index is 12.6. The Kier molecular flexibility index (Phi) is 4.80. The van der Waals surface area contributed by atoms with Gasteiger partial charge in [0.05, 0.1) is 19.3 Å². The molecule has 1 aromatic carbocycles. The molecule has 0 radical (unpaired) electrons. The maximum Gasteiger partial charge on any atom is 0.240 e. The van der Waals surface area contributed by atoms with Gasteiger partial charge in [0, 0.05) is 36.1 Å². The van der Waals surface area contributed by atoms with Crippen LogP contribution in [0.25, 0.3) is 0 Å². The summed E-state index contributed by atoms with van der Waals surface area (Å²) < 4.78 is 17.4. The molecule has 4 rings (SSSR count). The molecule has 0 aromatic heterocycles. The minimum Gasteiger partial charge on any atom is -0.494 e. The van der Waals surface area contributed by atoms with E-state index in [9.17, 15) is 4.79 Å². The lowest BCUT2D eigenvalue weighted by molar-refractivity contribution is -0.129. The van der Waals surface area contributed by atoms with E-state index in [4.69, 9.17) is 14.2 Å². The lowest BCUT2D eigenvalue weighted by atomic mass is 10.0. The average molecular weight is 360 g/mol. The van der Waals surface area contributed by atoms with Crippen molar-refractivity contribution in [3.05, 3.63) is 23.3 Å². The first-order valence-electron chi connectivity index (χ1n) is 9.68.